The summed E-state index contributed by atoms with van der Waals surface area (Å²) in [5.41, 5.74) is 6.48. The number of benzene rings is 1. The highest BCUT2D eigenvalue weighted by atomic mass is 79.9. The molecule has 3 N–H and O–H groups in total. The average Bonchev–Trinajstić information content (AvgIpc) is 2.38. The molecule has 6 heteroatoms. The third-order valence-electron chi connectivity index (χ3n) is 3.09. The Labute approximate surface area is 133 Å². The second-order valence-electron chi connectivity index (χ2n) is 5.41. The van der Waals surface area contributed by atoms with Gasteiger partial charge in [0.1, 0.15) is 4.99 Å². The van der Waals surface area contributed by atoms with Crippen molar-refractivity contribution in [3.05, 3.63) is 28.0 Å². The van der Waals surface area contributed by atoms with Gasteiger partial charge in [0.15, 0.2) is 5.82 Å². The van der Waals surface area contributed by atoms with Crippen LogP contribution in [0, 0.1) is 11.2 Å². The summed E-state index contributed by atoms with van der Waals surface area (Å²) in [6.07, 6.45) is 0.893. The minimum absolute atomic E-state index is 0.0107. The zero-order chi connectivity index (χ0) is 15.3. The Morgan fingerprint density at radius 3 is 2.70 bits per heavy atom. The van der Waals surface area contributed by atoms with Crippen LogP contribution in [0.3, 0.4) is 0 Å². The van der Waals surface area contributed by atoms with Crippen molar-refractivity contribution in [1.82, 2.24) is 0 Å². The van der Waals surface area contributed by atoms with E-state index in [0.717, 1.165) is 6.42 Å². The molecule has 0 aliphatic carbocycles. The Hall–Kier alpha value is -0.720. The number of ether oxygens (including phenoxy) is 1. The molecule has 0 bridgehead atoms. The van der Waals surface area contributed by atoms with Gasteiger partial charge in [-0.3, -0.25) is 0 Å². The van der Waals surface area contributed by atoms with Crippen LogP contribution in [-0.2, 0) is 4.74 Å². The van der Waals surface area contributed by atoms with Crippen LogP contribution in [0.2, 0.25) is 0 Å². The molecule has 0 heterocycles. The highest BCUT2D eigenvalue weighted by Gasteiger charge is 2.19. The van der Waals surface area contributed by atoms with Crippen LogP contribution >= 0.6 is 28.1 Å². The fourth-order valence-corrected chi connectivity index (χ4v) is 2.54. The number of hydrogen-bond donors (Lipinski definition) is 2. The van der Waals surface area contributed by atoms with Gasteiger partial charge in [0, 0.05) is 25.8 Å². The Kier molecular flexibility index (Phi) is 6.36. The first-order valence-electron chi connectivity index (χ1n) is 6.29. The van der Waals surface area contributed by atoms with E-state index in [9.17, 15) is 4.39 Å². The number of anilines is 1. The minimum Gasteiger partial charge on any atom is -0.389 e. The van der Waals surface area contributed by atoms with Gasteiger partial charge in [-0.2, -0.15) is 0 Å². The summed E-state index contributed by atoms with van der Waals surface area (Å²) >= 11 is 8.06. The minimum atomic E-state index is -0.377. The monoisotopic (exact) mass is 362 g/mol. The van der Waals surface area contributed by atoms with Crippen LogP contribution in [0.4, 0.5) is 10.1 Å². The molecule has 0 saturated carbocycles. The van der Waals surface area contributed by atoms with Gasteiger partial charge in [-0.15, -0.1) is 0 Å². The van der Waals surface area contributed by atoms with E-state index in [4.69, 9.17) is 22.7 Å². The van der Waals surface area contributed by atoms with Crippen molar-refractivity contribution >= 4 is 38.8 Å². The summed E-state index contributed by atoms with van der Waals surface area (Å²) in [7, 11) is 1.68. The normalized spacial score (nSPS) is 11.4. The summed E-state index contributed by atoms with van der Waals surface area (Å²) in [6.45, 7) is 5.54. The lowest BCUT2D eigenvalue weighted by atomic mass is 9.89. The zero-order valence-electron chi connectivity index (χ0n) is 11.9. The topological polar surface area (TPSA) is 47.3 Å². The molecule has 0 saturated heterocycles. The maximum Gasteiger partial charge on any atom is 0.161 e. The molecule has 0 radical (unpaired) electrons. The third-order valence-corrected chi connectivity index (χ3v) is 4.08. The molecule has 0 spiro atoms. The van der Waals surface area contributed by atoms with Crippen LogP contribution in [0.25, 0.3) is 0 Å². The van der Waals surface area contributed by atoms with E-state index < -0.39 is 0 Å². The molecule has 0 aliphatic rings. The lowest BCUT2D eigenvalue weighted by Crippen LogP contribution is -2.25. The number of halogens is 2. The van der Waals surface area contributed by atoms with Crippen molar-refractivity contribution in [2.75, 3.05) is 25.6 Å². The summed E-state index contributed by atoms with van der Waals surface area (Å²) in [5, 5.41) is 3.12. The maximum atomic E-state index is 14.2. The highest BCUT2D eigenvalue weighted by Crippen LogP contribution is 2.28. The summed E-state index contributed by atoms with van der Waals surface area (Å²) in [6, 6.07) is 3.36. The quantitative estimate of drug-likeness (QED) is 0.726. The van der Waals surface area contributed by atoms with Crippen LogP contribution in [0.1, 0.15) is 25.8 Å². The van der Waals surface area contributed by atoms with E-state index in [1.54, 1.807) is 19.2 Å². The Morgan fingerprint density at radius 2 is 2.15 bits per heavy atom. The molecule has 0 aromatic heterocycles. The number of nitrogens with two attached hydrogens (primary N) is 1. The first-order chi connectivity index (χ1) is 9.28. The zero-order valence-corrected chi connectivity index (χ0v) is 14.3. The van der Waals surface area contributed by atoms with E-state index in [1.165, 1.54) is 0 Å². The third kappa shape index (κ3) is 4.68. The van der Waals surface area contributed by atoms with Gasteiger partial charge in [-0.05, 0) is 39.9 Å². The fourth-order valence-electron chi connectivity index (χ4n) is 1.68. The predicted octanol–water partition coefficient (Wildman–Crippen LogP) is 3.70. The van der Waals surface area contributed by atoms with Gasteiger partial charge < -0.3 is 15.8 Å². The number of nitrogens with one attached hydrogen (secondary N) is 1. The van der Waals surface area contributed by atoms with Gasteiger partial charge in [-0.25, -0.2) is 4.39 Å². The summed E-state index contributed by atoms with van der Waals surface area (Å²) < 4.78 is 19.6. The number of methoxy groups -OCH3 is 1. The van der Waals surface area contributed by atoms with Crippen molar-refractivity contribution in [1.29, 1.82) is 0 Å². The number of thiocarbonyl (C=S) groups is 1. The summed E-state index contributed by atoms with van der Waals surface area (Å²) in [4.78, 5) is 0.169. The van der Waals surface area contributed by atoms with E-state index >= 15 is 0 Å². The van der Waals surface area contributed by atoms with Crippen molar-refractivity contribution in [3.63, 3.8) is 0 Å². The van der Waals surface area contributed by atoms with Gasteiger partial charge in [-0.1, -0.05) is 26.1 Å². The fraction of sp³-hybridized carbons (Fsp3) is 0.500. The Balaban J connectivity index is 2.79. The largest absolute Gasteiger partial charge is 0.389 e. The molecule has 1 aromatic carbocycles. The molecule has 20 heavy (non-hydrogen) atoms. The van der Waals surface area contributed by atoms with Gasteiger partial charge in [0.2, 0.25) is 0 Å². The van der Waals surface area contributed by atoms with E-state index in [-0.39, 0.29) is 16.2 Å². The molecule has 112 valence electrons. The molecule has 1 rings (SSSR count). The molecule has 1 aromatic rings. The maximum absolute atomic E-state index is 14.2. The molecule has 0 atom stereocenters. The first-order valence-corrected chi connectivity index (χ1v) is 7.49. The molecule has 0 unspecified atom stereocenters. The first kappa shape index (κ1) is 17.3. The van der Waals surface area contributed by atoms with Crippen molar-refractivity contribution in [2.45, 2.75) is 20.3 Å². The SMILES string of the molecule is COCCC(C)(C)CNc1ccc(C(N)=S)c(Br)c1F. The average molecular weight is 363 g/mol. The van der Waals surface area contributed by atoms with Crippen LogP contribution < -0.4 is 11.1 Å². The Morgan fingerprint density at radius 1 is 1.50 bits per heavy atom. The van der Waals surface area contributed by atoms with E-state index in [0.29, 0.717) is 28.9 Å². The van der Waals surface area contributed by atoms with Gasteiger partial charge in [0.05, 0.1) is 10.2 Å². The highest BCUT2D eigenvalue weighted by molar-refractivity contribution is 9.10. The van der Waals surface area contributed by atoms with Crippen LogP contribution in [0.15, 0.2) is 16.6 Å². The molecule has 0 aliphatic heterocycles. The van der Waals surface area contributed by atoms with Crippen LogP contribution in [0.5, 0.6) is 0 Å². The van der Waals surface area contributed by atoms with Gasteiger partial charge in [0.25, 0.3) is 0 Å². The molecule has 0 amide bonds. The Bertz CT molecular complexity index is 494. The summed E-state index contributed by atoms with van der Waals surface area (Å²) in [5.74, 6) is -0.377. The second-order valence-corrected chi connectivity index (χ2v) is 6.65. The predicted molar refractivity (Wildman–Crippen MR) is 88.8 cm³/mol. The number of hydrogen-bond acceptors (Lipinski definition) is 3. The van der Waals surface area contributed by atoms with Gasteiger partial charge >= 0.3 is 0 Å². The number of rotatable bonds is 7. The van der Waals surface area contributed by atoms with E-state index in [2.05, 4.69) is 35.1 Å². The smallest absolute Gasteiger partial charge is 0.161 e. The molecular formula is C14H20BrFN2OS. The standard InChI is InChI=1S/C14H20BrFN2OS/c1-14(2,6-7-19-3)8-18-10-5-4-9(13(17)20)11(15)12(10)16/h4-5,18H,6-8H2,1-3H3,(H2,17,20). The van der Waals surface area contributed by atoms with Crippen molar-refractivity contribution in [3.8, 4) is 0 Å². The molecule has 0 fully saturated rings. The van der Waals surface area contributed by atoms with Crippen molar-refractivity contribution in [2.24, 2.45) is 11.1 Å². The molecule has 3 nitrogen and oxygen atoms in total. The second kappa shape index (κ2) is 7.33. The lowest BCUT2D eigenvalue weighted by molar-refractivity contribution is 0.157. The van der Waals surface area contributed by atoms with Crippen LogP contribution in [-0.4, -0.2) is 25.2 Å². The van der Waals surface area contributed by atoms with Crippen molar-refractivity contribution < 1.29 is 9.13 Å². The van der Waals surface area contributed by atoms with E-state index in [1.807, 2.05) is 0 Å². The molecular weight excluding hydrogens is 343 g/mol. The lowest BCUT2D eigenvalue weighted by Gasteiger charge is -2.25.